The summed E-state index contributed by atoms with van der Waals surface area (Å²) in [6.45, 7) is 0.498. The predicted octanol–water partition coefficient (Wildman–Crippen LogP) is 4.18. The van der Waals surface area contributed by atoms with Crippen LogP contribution in [0.5, 0.6) is 0 Å². The second-order valence-electron chi connectivity index (χ2n) is 5.78. The minimum atomic E-state index is -3.33. The fourth-order valence-corrected chi connectivity index (χ4v) is 4.14. The summed E-state index contributed by atoms with van der Waals surface area (Å²) < 4.78 is 26.5. The standard InChI is InChI=1S/C19H20N2O2S2/c1-25(22,23)20-19(16-12-13-24-15-16)14-21(17-8-4-2-5-9-17)18-10-6-3-7-11-18/h2-13,15,19-20H,14H2,1H3/t19-/m0/s1. The molecule has 0 fully saturated rings. The average Bonchev–Trinajstić information content (AvgIpc) is 3.14. The third-order valence-electron chi connectivity index (χ3n) is 3.80. The predicted molar refractivity (Wildman–Crippen MR) is 105 cm³/mol. The van der Waals surface area contributed by atoms with Gasteiger partial charge in [-0.25, -0.2) is 13.1 Å². The van der Waals surface area contributed by atoms with Crippen LogP contribution in [0.1, 0.15) is 11.6 Å². The molecule has 1 heterocycles. The Hall–Kier alpha value is -2.15. The molecule has 0 aliphatic heterocycles. The molecule has 0 radical (unpaired) electrons. The zero-order valence-electron chi connectivity index (χ0n) is 13.9. The highest BCUT2D eigenvalue weighted by atomic mass is 32.2. The minimum absolute atomic E-state index is 0.332. The highest BCUT2D eigenvalue weighted by Gasteiger charge is 2.21. The maximum absolute atomic E-state index is 11.9. The Morgan fingerprint density at radius 2 is 1.52 bits per heavy atom. The van der Waals surface area contributed by atoms with Gasteiger partial charge in [0.1, 0.15) is 0 Å². The van der Waals surface area contributed by atoms with E-state index in [2.05, 4.69) is 9.62 Å². The largest absolute Gasteiger partial charge is 0.340 e. The molecule has 0 spiro atoms. The van der Waals surface area contributed by atoms with Crippen molar-refractivity contribution in [2.75, 3.05) is 17.7 Å². The van der Waals surface area contributed by atoms with Gasteiger partial charge in [0.05, 0.1) is 12.3 Å². The SMILES string of the molecule is CS(=O)(=O)N[C@@H](CN(c1ccccc1)c1ccccc1)c1ccsc1. The van der Waals surface area contributed by atoms with Gasteiger partial charge in [0.2, 0.25) is 10.0 Å². The minimum Gasteiger partial charge on any atom is -0.340 e. The smallest absolute Gasteiger partial charge is 0.209 e. The van der Waals surface area contributed by atoms with E-state index in [4.69, 9.17) is 0 Å². The number of nitrogens with one attached hydrogen (secondary N) is 1. The number of rotatable bonds is 7. The molecule has 0 saturated heterocycles. The second kappa shape index (κ2) is 7.82. The zero-order chi connectivity index (χ0) is 17.7. The molecule has 0 aliphatic carbocycles. The van der Waals surface area contributed by atoms with Gasteiger partial charge in [0.25, 0.3) is 0 Å². The van der Waals surface area contributed by atoms with Crippen LogP contribution in [0.15, 0.2) is 77.5 Å². The summed E-state index contributed by atoms with van der Waals surface area (Å²) in [4.78, 5) is 2.13. The first-order valence-corrected chi connectivity index (χ1v) is 10.7. The summed E-state index contributed by atoms with van der Waals surface area (Å²) in [6.07, 6.45) is 1.20. The lowest BCUT2D eigenvalue weighted by Crippen LogP contribution is -2.35. The normalized spacial score (nSPS) is 12.7. The molecule has 0 amide bonds. The van der Waals surface area contributed by atoms with Crippen molar-refractivity contribution in [2.45, 2.75) is 6.04 Å². The van der Waals surface area contributed by atoms with Crippen molar-refractivity contribution in [3.63, 3.8) is 0 Å². The van der Waals surface area contributed by atoms with E-state index < -0.39 is 10.0 Å². The van der Waals surface area contributed by atoms with E-state index in [9.17, 15) is 8.42 Å². The van der Waals surface area contributed by atoms with Crippen LogP contribution >= 0.6 is 11.3 Å². The van der Waals surface area contributed by atoms with Gasteiger partial charge in [-0.3, -0.25) is 0 Å². The average molecular weight is 373 g/mol. The molecule has 0 bridgehead atoms. The van der Waals surface area contributed by atoms with Gasteiger partial charge in [-0.2, -0.15) is 11.3 Å². The molecule has 25 heavy (non-hydrogen) atoms. The molecule has 3 aromatic rings. The van der Waals surface area contributed by atoms with Gasteiger partial charge in [-0.1, -0.05) is 36.4 Å². The molecule has 3 rings (SSSR count). The van der Waals surface area contributed by atoms with Crippen molar-refractivity contribution in [3.8, 4) is 0 Å². The quantitative estimate of drug-likeness (QED) is 0.677. The summed E-state index contributed by atoms with van der Waals surface area (Å²) in [5.41, 5.74) is 3.00. The molecule has 1 aromatic heterocycles. The van der Waals surface area contributed by atoms with Gasteiger partial charge < -0.3 is 4.90 Å². The first kappa shape index (κ1) is 17.7. The van der Waals surface area contributed by atoms with Crippen LogP contribution in [0.25, 0.3) is 0 Å². The fourth-order valence-electron chi connectivity index (χ4n) is 2.70. The zero-order valence-corrected chi connectivity index (χ0v) is 15.5. The van der Waals surface area contributed by atoms with E-state index in [-0.39, 0.29) is 6.04 Å². The number of hydrogen-bond acceptors (Lipinski definition) is 4. The number of thiophene rings is 1. The van der Waals surface area contributed by atoms with E-state index in [0.29, 0.717) is 6.54 Å². The Bertz CT molecular complexity index is 840. The van der Waals surface area contributed by atoms with E-state index in [1.54, 1.807) is 11.3 Å². The molecule has 0 saturated carbocycles. The van der Waals surface area contributed by atoms with Crippen molar-refractivity contribution < 1.29 is 8.42 Å². The molecule has 1 atom stereocenters. The lowest BCUT2D eigenvalue weighted by Gasteiger charge is -2.29. The first-order valence-electron chi connectivity index (χ1n) is 7.90. The molecule has 0 aliphatic rings. The van der Waals surface area contributed by atoms with E-state index >= 15 is 0 Å². The molecule has 1 N–H and O–H groups in total. The topological polar surface area (TPSA) is 49.4 Å². The van der Waals surface area contributed by atoms with Crippen LogP contribution in [0, 0.1) is 0 Å². The Labute approximate surface area is 152 Å². The molecular formula is C19H20N2O2S2. The third-order valence-corrected chi connectivity index (χ3v) is 5.22. The van der Waals surface area contributed by atoms with Crippen LogP contribution in [-0.2, 0) is 10.0 Å². The second-order valence-corrected chi connectivity index (χ2v) is 8.34. The van der Waals surface area contributed by atoms with Crippen molar-refractivity contribution in [2.24, 2.45) is 0 Å². The van der Waals surface area contributed by atoms with Gasteiger partial charge in [0, 0.05) is 17.9 Å². The van der Waals surface area contributed by atoms with Gasteiger partial charge in [0.15, 0.2) is 0 Å². The van der Waals surface area contributed by atoms with Crippen LogP contribution in [-0.4, -0.2) is 21.2 Å². The Kier molecular flexibility index (Phi) is 5.53. The van der Waals surface area contributed by atoms with Crippen molar-refractivity contribution in [3.05, 3.63) is 83.1 Å². The summed E-state index contributed by atoms with van der Waals surface area (Å²) in [6, 6.07) is 21.6. The van der Waals surface area contributed by atoms with Gasteiger partial charge >= 0.3 is 0 Å². The molecule has 130 valence electrons. The lowest BCUT2D eigenvalue weighted by molar-refractivity contribution is 0.563. The Morgan fingerprint density at radius 1 is 0.960 bits per heavy atom. The summed E-state index contributed by atoms with van der Waals surface area (Å²) in [5.74, 6) is 0. The maximum Gasteiger partial charge on any atom is 0.209 e. The van der Waals surface area contributed by atoms with E-state index in [1.807, 2.05) is 77.5 Å². The van der Waals surface area contributed by atoms with E-state index in [1.165, 1.54) is 6.26 Å². The van der Waals surface area contributed by atoms with Crippen LogP contribution < -0.4 is 9.62 Å². The molecule has 4 nitrogen and oxygen atoms in total. The molecule has 6 heteroatoms. The monoisotopic (exact) mass is 372 g/mol. The highest BCUT2D eigenvalue weighted by molar-refractivity contribution is 7.88. The fraction of sp³-hybridized carbons (Fsp3) is 0.158. The number of hydrogen-bond donors (Lipinski definition) is 1. The third kappa shape index (κ3) is 4.92. The number of anilines is 2. The summed E-state index contributed by atoms with van der Waals surface area (Å²) >= 11 is 1.56. The van der Waals surface area contributed by atoms with Crippen molar-refractivity contribution in [1.82, 2.24) is 4.72 Å². The highest BCUT2D eigenvalue weighted by Crippen LogP contribution is 2.29. The van der Waals surface area contributed by atoms with Gasteiger partial charge in [-0.15, -0.1) is 0 Å². The number of para-hydroxylation sites is 2. The van der Waals surface area contributed by atoms with E-state index in [0.717, 1.165) is 16.9 Å². The molecular weight excluding hydrogens is 352 g/mol. The van der Waals surface area contributed by atoms with Crippen LogP contribution in [0.2, 0.25) is 0 Å². The van der Waals surface area contributed by atoms with Crippen LogP contribution in [0.4, 0.5) is 11.4 Å². The maximum atomic E-state index is 11.9. The van der Waals surface area contributed by atoms with Crippen LogP contribution in [0.3, 0.4) is 0 Å². The number of sulfonamides is 1. The summed E-state index contributed by atoms with van der Waals surface area (Å²) in [7, 11) is -3.33. The van der Waals surface area contributed by atoms with Crippen molar-refractivity contribution >= 4 is 32.7 Å². The molecule has 2 aromatic carbocycles. The summed E-state index contributed by atoms with van der Waals surface area (Å²) in [5, 5.41) is 3.94. The lowest BCUT2D eigenvalue weighted by atomic mass is 10.1. The Morgan fingerprint density at radius 3 is 1.96 bits per heavy atom. The first-order chi connectivity index (χ1) is 12.0. The van der Waals surface area contributed by atoms with Crippen molar-refractivity contribution in [1.29, 1.82) is 0 Å². The molecule has 0 unspecified atom stereocenters. The number of nitrogens with zero attached hydrogens (tertiary/aromatic N) is 1. The van der Waals surface area contributed by atoms with Gasteiger partial charge in [-0.05, 0) is 46.7 Å². The Balaban J connectivity index is 1.97. The number of benzene rings is 2.